The highest BCUT2D eigenvalue weighted by Gasteiger charge is 2.34. The topological polar surface area (TPSA) is 79.4 Å². The third kappa shape index (κ3) is 4.74. The Morgan fingerprint density at radius 1 is 1.31 bits per heavy atom. The quantitative estimate of drug-likeness (QED) is 0.781. The highest BCUT2D eigenvalue weighted by Crippen LogP contribution is 2.30. The summed E-state index contributed by atoms with van der Waals surface area (Å²) in [5.41, 5.74) is 2.92. The van der Waals surface area contributed by atoms with E-state index in [0.717, 1.165) is 49.4 Å². The maximum atomic E-state index is 12.7. The average Bonchev–Trinajstić information content (AvgIpc) is 3.28. The van der Waals surface area contributed by atoms with Gasteiger partial charge >= 0.3 is 0 Å². The SMILES string of the molecule is CCOC1CC(C(=O)N[C@@H]2CCNC2)CCN1c1ccc(-c2cccnc2)nc1. The summed E-state index contributed by atoms with van der Waals surface area (Å²) in [7, 11) is 0. The molecule has 2 aliphatic rings. The monoisotopic (exact) mass is 395 g/mol. The first kappa shape index (κ1) is 19.8. The second-order valence-corrected chi connectivity index (χ2v) is 7.67. The average molecular weight is 396 g/mol. The van der Waals surface area contributed by atoms with E-state index in [0.29, 0.717) is 13.0 Å². The molecule has 4 rings (SSSR count). The Morgan fingerprint density at radius 2 is 2.24 bits per heavy atom. The lowest BCUT2D eigenvalue weighted by atomic mass is 9.93. The van der Waals surface area contributed by atoms with Crippen LogP contribution in [0.2, 0.25) is 0 Å². The van der Waals surface area contributed by atoms with Crippen molar-refractivity contribution in [3.05, 3.63) is 42.9 Å². The van der Waals surface area contributed by atoms with Gasteiger partial charge in [0, 0.05) is 56.0 Å². The van der Waals surface area contributed by atoms with Gasteiger partial charge in [0.25, 0.3) is 0 Å². The lowest BCUT2D eigenvalue weighted by Gasteiger charge is -2.40. The van der Waals surface area contributed by atoms with Gasteiger partial charge in [0.05, 0.1) is 17.6 Å². The molecule has 0 bridgehead atoms. The molecule has 0 radical (unpaired) electrons. The largest absolute Gasteiger partial charge is 0.359 e. The zero-order chi connectivity index (χ0) is 20.1. The molecule has 7 heteroatoms. The van der Waals surface area contributed by atoms with E-state index in [1.807, 2.05) is 37.5 Å². The number of carbonyl (C=O) groups is 1. The predicted molar refractivity (Wildman–Crippen MR) is 112 cm³/mol. The van der Waals surface area contributed by atoms with Crippen molar-refractivity contribution in [3.8, 4) is 11.3 Å². The molecule has 2 fully saturated rings. The van der Waals surface area contributed by atoms with E-state index in [4.69, 9.17) is 4.74 Å². The van der Waals surface area contributed by atoms with Crippen molar-refractivity contribution in [1.82, 2.24) is 20.6 Å². The van der Waals surface area contributed by atoms with Crippen molar-refractivity contribution >= 4 is 11.6 Å². The maximum absolute atomic E-state index is 12.7. The number of nitrogens with one attached hydrogen (secondary N) is 2. The van der Waals surface area contributed by atoms with E-state index in [9.17, 15) is 4.79 Å². The Morgan fingerprint density at radius 3 is 2.93 bits per heavy atom. The second-order valence-electron chi connectivity index (χ2n) is 7.67. The van der Waals surface area contributed by atoms with E-state index < -0.39 is 0 Å². The minimum absolute atomic E-state index is 0.00831. The van der Waals surface area contributed by atoms with Crippen LogP contribution in [0.25, 0.3) is 11.3 Å². The smallest absolute Gasteiger partial charge is 0.223 e. The predicted octanol–water partition coefficient (Wildman–Crippen LogP) is 2.20. The third-order valence-electron chi connectivity index (χ3n) is 5.73. The van der Waals surface area contributed by atoms with Crippen molar-refractivity contribution in [2.45, 2.75) is 38.5 Å². The minimum atomic E-state index is -0.114. The van der Waals surface area contributed by atoms with Crippen molar-refractivity contribution in [2.75, 3.05) is 31.1 Å². The molecular formula is C22H29N5O2. The van der Waals surface area contributed by atoms with Crippen LogP contribution in [0.4, 0.5) is 5.69 Å². The first-order valence-corrected chi connectivity index (χ1v) is 10.5. The van der Waals surface area contributed by atoms with Crippen LogP contribution < -0.4 is 15.5 Å². The number of piperidine rings is 1. The number of ether oxygens (including phenoxy) is 1. The molecule has 0 saturated carbocycles. The van der Waals surface area contributed by atoms with Gasteiger partial charge in [-0.1, -0.05) is 0 Å². The fraction of sp³-hybridized carbons (Fsp3) is 0.500. The van der Waals surface area contributed by atoms with Gasteiger partial charge in [0.1, 0.15) is 6.23 Å². The molecule has 2 saturated heterocycles. The van der Waals surface area contributed by atoms with Crippen molar-refractivity contribution in [1.29, 1.82) is 0 Å². The molecule has 7 nitrogen and oxygen atoms in total. The Kier molecular flexibility index (Phi) is 6.36. The number of nitrogens with zero attached hydrogens (tertiary/aromatic N) is 3. The normalized spacial score (nSPS) is 24.4. The van der Waals surface area contributed by atoms with Crippen molar-refractivity contribution in [3.63, 3.8) is 0 Å². The van der Waals surface area contributed by atoms with Gasteiger partial charge in [-0.15, -0.1) is 0 Å². The van der Waals surface area contributed by atoms with Gasteiger partial charge in [0.15, 0.2) is 0 Å². The van der Waals surface area contributed by atoms with Crippen molar-refractivity contribution < 1.29 is 9.53 Å². The number of anilines is 1. The summed E-state index contributed by atoms with van der Waals surface area (Å²) in [4.78, 5) is 23.7. The summed E-state index contributed by atoms with van der Waals surface area (Å²) in [6, 6.07) is 8.26. The number of pyridine rings is 2. The zero-order valence-electron chi connectivity index (χ0n) is 16.9. The minimum Gasteiger partial charge on any atom is -0.359 e. The Bertz CT molecular complexity index is 793. The molecule has 2 unspecified atom stereocenters. The third-order valence-corrected chi connectivity index (χ3v) is 5.73. The van der Waals surface area contributed by atoms with Crippen LogP contribution >= 0.6 is 0 Å². The van der Waals surface area contributed by atoms with Crippen LogP contribution in [0.3, 0.4) is 0 Å². The fourth-order valence-corrected chi connectivity index (χ4v) is 4.15. The highest BCUT2D eigenvalue weighted by atomic mass is 16.5. The molecule has 0 spiro atoms. The summed E-state index contributed by atoms with van der Waals surface area (Å²) in [6.45, 7) is 5.24. The first-order valence-electron chi connectivity index (χ1n) is 10.5. The molecule has 4 heterocycles. The van der Waals surface area contributed by atoms with Crippen LogP contribution in [-0.4, -0.2) is 54.4 Å². The first-order chi connectivity index (χ1) is 14.2. The lowest BCUT2D eigenvalue weighted by Crippen LogP contribution is -2.49. The van der Waals surface area contributed by atoms with Crippen LogP contribution in [0.5, 0.6) is 0 Å². The molecule has 2 aromatic heterocycles. The Labute approximate surface area is 171 Å². The lowest BCUT2D eigenvalue weighted by molar-refractivity contribution is -0.128. The Hall–Kier alpha value is -2.51. The number of hydrogen-bond acceptors (Lipinski definition) is 6. The zero-order valence-corrected chi connectivity index (χ0v) is 16.9. The number of aromatic nitrogens is 2. The number of rotatable bonds is 6. The van der Waals surface area contributed by atoms with Crippen molar-refractivity contribution in [2.24, 2.45) is 5.92 Å². The summed E-state index contributed by atoms with van der Waals surface area (Å²) in [6.07, 6.45) is 7.87. The summed E-state index contributed by atoms with van der Waals surface area (Å²) < 4.78 is 6.01. The Balaban J connectivity index is 1.43. The molecule has 154 valence electrons. The molecular weight excluding hydrogens is 366 g/mol. The molecule has 2 aromatic rings. The molecule has 0 aliphatic carbocycles. The molecule has 2 aliphatic heterocycles. The van der Waals surface area contributed by atoms with Crippen LogP contribution in [-0.2, 0) is 9.53 Å². The van der Waals surface area contributed by atoms with Gasteiger partial charge in [-0.2, -0.15) is 0 Å². The van der Waals surface area contributed by atoms with E-state index in [1.165, 1.54) is 0 Å². The van der Waals surface area contributed by atoms with E-state index in [1.54, 1.807) is 6.20 Å². The van der Waals surface area contributed by atoms with E-state index >= 15 is 0 Å². The molecule has 2 N–H and O–H groups in total. The molecule has 3 atom stereocenters. The molecule has 0 aromatic carbocycles. The van der Waals surface area contributed by atoms with E-state index in [2.05, 4.69) is 31.6 Å². The summed E-state index contributed by atoms with van der Waals surface area (Å²) >= 11 is 0. The highest BCUT2D eigenvalue weighted by molar-refractivity contribution is 5.79. The fourth-order valence-electron chi connectivity index (χ4n) is 4.15. The molecule has 29 heavy (non-hydrogen) atoms. The van der Waals surface area contributed by atoms with Crippen LogP contribution in [0, 0.1) is 5.92 Å². The van der Waals surface area contributed by atoms with Gasteiger partial charge in [0.2, 0.25) is 5.91 Å². The van der Waals surface area contributed by atoms with Gasteiger partial charge in [-0.25, -0.2) is 0 Å². The number of carbonyl (C=O) groups excluding carboxylic acids is 1. The van der Waals surface area contributed by atoms with E-state index in [-0.39, 0.29) is 24.1 Å². The second kappa shape index (κ2) is 9.33. The van der Waals surface area contributed by atoms with Crippen LogP contribution in [0.15, 0.2) is 42.9 Å². The number of amides is 1. The van der Waals surface area contributed by atoms with Crippen LogP contribution in [0.1, 0.15) is 26.2 Å². The van der Waals surface area contributed by atoms with Gasteiger partial charge < -0.3 is 20.3 Å². The summed E-state index contributed by atoms with van der Waals surface area (Å²) in [5, 5.41) is 6.49. The van der Waals surface area contributed by atoms with Gasteiger partial charge in [-0.05, 0) is 50.6 Å². The number of hydrogen-bond donors (Lipinski definition) is 2. The standard InChI is InChI=1S/C22H29N5O2/c1-2-29-21-12-16(22(28)26-18-7-10-24-14-18)8-11-27(21)19-5-6-20(25-15-19)17-4-3-9-23-13-17/h3-6,9,13,15-16,18,21,24H,2,7-8,10-12,14H2,1H3,(H,26,28)/t16?,18-,21?/m1/s1. The van der Waals surface area contributed by atoms with Gasteiger partial charge in [-0.3, -0.25) is 14.8 Å². The molecule has 1 amide bonds. The summed E-state index contributed by atoms with van der Waals surface area (Å²) in [5.74, 6) is 0.152. The maximum Gasteiger partial charge on any atom is 0.223 e.